The Morgan fingerprint density at radius 2 is 1.85 bits per heavy atom. The Balaban J connectivity index is 2.05. The van der Waals surface area contributed by atoms with Crippen molar-refractivity contribution in [1.82, 2.24) is 0 Å². The summed E-state index contributed by atoms with van der Waals surface area (Å²) < 4.78 is 10.5. The van der Waals surface area contributed by atoms with Crippen LogP contribution in [-0.2, 0) is 0 Å². The fourth-order valence-corrected chi connectivity index (χ4v) is 2.91. The van der Waals surface area contributed by atoms with Gasteiger partial charge in [-0.2, -0.15) is 0 Å². The van der Waals surface area contributed by atoms with E-state index in [2.05, 4.69) is 5.32 Å². The molecular formula is C15H24N2O3. The minimum atomic E-state index is 0.272. The van der Waals surface area contributed by atoms with Gasteiger partial charge < -0.3 is 25.6 Å². The second-order valence-electron chi connectivity index (χ2n) is 5.31. The lowest BCUT2D eigenvalue weighted by Gasteiger charge is -2.20. The van der Waals surface area contributed by atoms with E-state index in [1.165, 1.54) is 6.42 Å². The van der Waals surface area contributed by atoms with Crippen molar-refractivity contribution in [2.45, 2.75) is 19.3 Å². The fraction of sp³-hybridized carbons (Fsp3) is 0.600. The maximum atomic E-state index is 9.35. The molecule has 0 aromatic heterocycles. The highest BCUT2D eigenvalue weighted by Gasteiger charge is 2.26. The number of hydrogen-bond donors (Lipinski definition) is 3. The molecule has 0 bridgehead atoms. The Morgan fingerprint density at radius 1 is 1.20 bits per heavy atom. The van der Waals surface area contributed by atoms with E-state index in [0.717, 1.165) is 25.1 Å². The summed E-state index contributed by atoms with van der Waals surface area (Å²) in [5, 5.41) is 12.7. The van der Waals surface area contributed by atoms with Crippen LogP contribution in [0.1, 0.15) is 19.3 Å². The zero-order valence-electron chi connectivity index (χ0n) is 12.2. The first kappa shape index (κ1) is 14.8. The van der Waals surface area contributed by atoms with Crippen LogP contribution in [0.3, 0.4) is 0 Å². The molecule has 4 N–H and O–H groups in total. The molecule has 20 heavy (non-hydrogen) atoms. The number of nitrogens with one attached hydrogen (secondary N) is 1. The van der Waals surface area contributed by atoms with Crippen LogP contribution in [-0.4, -0.2) is 32.5 Å². The summed E-state index contributed by atoms with van der Waals surface area (Å²) in [6, 6.07) is 3.62. The highest BCUT2D eigenvalue weighted by Crippen LogP contribution is 2.36. The van der Waals surface area contributed by atoms with Crippen LogP contribution >= 0.6 is 0 Å². The molecule has 0 spiro atoms. The van der Waals surface area contributed by atoms with E-state index in [0.29, 0.717) is 29.0 Å². The average Bonchev–Trinajstić information content (AvgIpc) is 2.93. The third kappa shape index (κ3) is 3.10. The number of aliphatic hydroxyl groups is 1. The van der Waals surface area contributed by atoms with Crippen LogP contribution in [0.25, 0.3) is 0 Å². The third-order valence-electron chi connectivity index (χ3n) is 4.16. The molecule has 2 unspecified atom stereocenters. The number of nitrogens with two attached hydrogens (primary N) is 1. The molecule has 2 rings (SSSR count). The summed E-state index contributed by atoms with van der Waals surface area (Å²) in [6.45, 7) is 1.10. The smallest absolute Gasteiger partial charge is 0.162 e. The summed E-state index contributed by atoms with van der Waals surface area (Å²) in [5.41, 5.74) is 7.52. The van der Waals surface area contributed by atoms with E-state index in [4.69, 9.17) is 15.2 Å². The monoisotopic (exact) mass is 280 g/mol. The Kier molecular flexibility index (Phi) is 4.95. The van der Waals surface area contributed by atoms with Gasteiger partial charge in [-0.05, 0) is 24.7 Å². The molecule has 1 aliphatic rings. The number of rotatable bonds is 6. The van der Waals surface area contributed by atoms with E-state index in [1.54, 1.807) is 20.3 Å². The maximum Gasteiger partial charge on any atom is 0.162 e. The lowest BCUT2D eigenvalue weighted by molar-refractivity contribution is 0.199. The van der Waals surface area contributed by atoms with Crippen molar-refractivity contribution in [3.8, 4) is 11.5 Å². The molecule has 0 amide bonds. The average molecular weight is 280 g/mol. The SMILES string of the molecule is COc1cc(N)c(NCC2CCCC2CO)cc1OC. The van der Waals surface area contributed by atoms with Gasteiger partial charge in [0.2, 0.25) is 0 Å². The molecule has 1 aromatic carbocycles. The topological polar surface area (TPSA) is 76.7 Å². The quantitative estimate of drug-likeness (QED) is 0.696. The van der Waals surface area contributed by atoms with E-state index in [9.17, 15) is 5.11 Å². The number of anilines is 2. The standard InChI is InChI=1S/C15H24N2O3/c1-19-14-6-12(16)13(7-15(14)20-2)17-8-10-4-3-5-11(10)9-18/h6-7,10-11,17-18H,3-5,8-9,16H2,1-2H3. The second kappa shape index (κ2) is 6.70. The molecule has 0 heterocycles. The van der Waals surface area contributed by atoms with Crippen LogP contribution in [0.2, 0.25) is 0 Å². The number of ether oxygens (including phenoxy) is 2. The van der Waals surface area contributed by atoms with Crippen LogP contribution in [0.4, 0.5) is 11.4 Å². The van der Waals surface area contributed by atoms with Crippen molar-refractivity contribution in [1.29, 1.82) is 0 Å². The Labute approximate surface area is 120 Å². The van der Waals surface area contributed by atoms with Gasteiger partial charge >= 0.3 is 0 Å². The van der Waals surface area contributed by atoms with E-state index < -0.39 is 0 Å². The number of nitrogen functional groups attached to an aromatic ring is 1. The minimum absolute atomic E-state index is 0.272. The van der Waals surface area contributed by atoms with Crippen LogP contribution in [0.5, 0.6) is 11.5 Å². The summed E-state index contributed by atoms with van der Waals surface area (Å²) in [7, 11) is 3.20. The van der Waals surface area contributed by atoms with Gasteiger partial charge in [0.05, 0.1) is 25.6 Å². The van der Waals surface area contributed by atoms with Gasteiger partial charge in [0.1, 0.15) is 0 Å². The molecule has 5 nitrogen and oxygen atoms in total. The first-order valence-corrected chi connectivity index (χ1v) is 7.05. The minimum Gasteiger partial charge on any atom is -0.493 e. The number of benzene rings is 1. The van der Waals surface area contributed by atoms with Crippen molar-refractivity contribution in [2.24, 2.45) is 11.8 Å². The molecular weight excluding hydrogens is 256 g/mol. The molecule has 1 fully saturated rings. The van der Waals surface area contributed by atoms with Gasteiger partial charge in [0.25, 0.3) is 0 Å². The van der Waals surface area contributed by atoms with Gasteiger partial charge in [-0.1, -0.05) is 6.42 Å². The Hall–Kier alpha value is -1.62. The molecule has 5 heteroatoms. The summed E-state index contributed by atoms with van der Waals surface area (Å²) in [6.07, 6.45) is 3.47. The normalized spacial score (nSPS) is 21.8. The second-order valence-corrected chi connectivity index (χ2v) is 5.31. The molecule has 2 atom stereocenters. The molecule has 0 radical (unpaired) electrons. The third-order valence-corrected chi connectivity index (χ3v) is 4.16. The van der Waals surface area contributed by atoms with Crippen molar-refractivity contribution >= 4 is 11.4 Å². The first-order valence-electron chi connectivity index (χ1n) is 7.05. The molecule has 112 valence electrons. The fourth-order valence-electron chi connectivity index (χ4n) is 2.91. The highest BCUT2D eigenvalue weighted by atomic mass is 16.5. The van der Waals surface area contributed by atoms with E-state index in [1.807, 2.05) is 6.07 Å². The van der Waals surface area contributed by atoms with Gasteiger partial charge in [0.15, 0.2) is 11.5 Å². The predicted octanol–water partition coefficient (Wildman–Crippen LogP) is 2.11. The zero-order valence-corrected chi connectivity index (χ0v) is 12.2. The van der Waals surface area contributed by atoms with Crippen molar-refractivity contribution in [2.75, 3.05) is 38.4 Å². The first-order chi connectivity index (χ1) is 9.69. The maximum absolute atomic E-state index is 9.35. The van der Waals surface area contributed by atoms with Gasteiger partial charge in [-0.3, -0.25) is 0 Å². The summed E-state index contributed by atoms with van der Waals surface area (Å²) in [4.78, 5) is 0. The Morgan fingerprint density at radius 3 is 2.50 bits per heavy atom. The van der Waals surface area contributed by atoms with Crippen LogP contribution in [0.15, 0.2) is 12.1 Å². The lowest BCUT2D eigenvalue weighted by Crippen LogP contribution is -2.21. The van der Waals surface area contributed by atoms with E-state index in [-0.39, 0.29) is 6.61 Å². The zero-order chi connectivity index (χ0) is 14.5. The molecule has 0 aliphatic heterocycles. The number of methoxy groups -OCH3 is 2. The van der Waals surface area contributed by atoms with Crippen molar-refractivity contribution < 1.29 is 14.6 Å². The largest absolute Gasteiger partial charge is 0.493 e. The van der Waals surface area contributed by atoms with Crippen molar-refractivity contribution in [3.05, 3.63) is 12.1 Å². The van der Waals surface area contributed by atoms with E-state index >= 15 is 0 Å². The van der Waals surface area contributed by atoms with Crippen molar-refractivity contribution in [3.63, 3.8) is 0 Å². The molecule has 1 aliphatic carbocycles. The Bertz CT molecular complexity index is 451. The predicted molar refractivity (Wildman–Crippen MR) is 80.4 cm³/mol. The summed E-state index contributed by atoms with van der Waals surface area (Å²) in [5.74, 6) is 2.20. The number of hydrogen-bond acceptors (Lipinski definition) is 5. The van der Waals surface area contributed by atoms with Gasteiger partial charge in [-0.25, -0.2) is 0 Å². The van der Waals surface area contributed by atoms with Gasteiger partial charge in [-0.15, -0.1) is 0 Å². The molecule has 1 saturated carbocycles. The highest BCUT2D eigenvalue weighted by molar-refractivity contribution is 5.72. The van der Waals surface area contributed by atoms with Gasteiger partial charge in [0, 0.05) is 25.3 Å². The van der Waals surface area contributed by atoms with Crippen LogP contribution in [0, 0.1) is 11.8 Å². The molecule has 1 aromatic rings. The molecule has 0 saturated heterocycles. The van der Waals surface area contributed by atoms with Crippen LogP contribution < -0.4 is 20.5 Å². The lowest BCUT2D eigenvalue weighted by atomic mass is 9.97. The number of aliphatic hydroxyl groups excluding tert-OH is 1. The summed E-state index contributed by atoms with van der Waals surface area (Å²) >= 11 is 0.